The molecule has 2 aromatic rings. The second-order valence-corrected chi connectivity index (χ2v) is 5.32. The zero-order valence-corrected chi connectivity index (χ0v) is 12.2. The van der Waals surface area contributed by atoms with Crippen molar-refractivity contribution in [3.8, 4) is 0 Å². The average Bonchev–Trinajstić information content (AvgIpc) is 3.08. The first-order chi connectivity index (χ1) is 10.7. The van der Waals surface area contributed by atoms with Crippen molar-refractivity contribution >= 4 is 5.91 Å². The molecule has 116 valence electrons. The fourth-order valence-corrected chi connectivity index (χ4v) is 2.68. The minimum Gasteiger partial charge on any atom is -0.469 e. The molecule has 1 saturated heterocycles. The molecule has 0 N–H and O–H groups in total. The van der Waals surface area contributed by atoms with Crippen LogP contribution in [0.3, 0.4) is 0 Å². The number of rotatable bonds is 4. The number of morpholine rings is 1. The van der Waals surface area contributed by atoms with Crippen LogP contribution in [-0.2, 0) is 9.53 Å². The third-order valence-electron chi connectivity index (χ3n) is 3.90. The van der Waals surface area contributed by atoms with E-state index >= 15 is 0 Å². The topological polar surface area (TPSA) is 42.7 Å². The Kier molecular flexibility index (Phi) is 4.53. The van der Waals surface area contributed by atoms with Gasteiger partial charge in [-0.25, -0.2) is 4.39 Å². The van der Waals surface area contributed by atoms with Crippen LogP contribution in [-0.4, -0.2) is 37.1 Å². The number of nitrogens with zero attached hydrogens (tertiary/aromatic N) is 1. The molecule has 0 bridgehead atoms. The van der Waals surface area contributed by atoms with Gasteiger partial charge in [-0.3, -0.25) is 4.79 Å². The molecule has 4 nitrogen and oxygen atoms in total. The quantitative estimate of drug-likeness (QED) is 0.872. The molecule has 1 amide bonds. The van der Waals surface area contributed by atoms with Crippen molar-refractivity contribution in [3.05, 3.63) is 59.8 Å². The Labute approximate surface area is 128 Å². The van der Waals surface area contributed by atoms with E-state index in [-0.39, 0.29) is 17.6 Å². The molecule has 1 aliphatic heterocycles. The van der Waals surface area contributed by atoms with Gasteiger partial charge >= 0.3 is 0 Å². The van der Waals surface area contributed by atoms with Gasteiger partial charge in [0.05, 0.1) is 25.4 Å². The number of hydrogen-bond acceptors (Lipinski definition) is 3. The molecule has 0 saturated carbocycles. The Morgan fingerprint density at radius 1 is 1.18 bits per heavy atom. The van der Waals surface area contributed by atoms with Gasteiger partial charge in [-0.05, 0) is 29.8 Å². The molecule has 0 spiro atoms. The number of carbonyl (C=O) groups excluding carboxylic acids is 1. The number of hydrogen-bond donors (Lipinski definition) is 0. The van der Waals surface area contributed by atoms with Gasteiger partial charge in [0.2, 0.25) is 5.91 Å². The van der Waals surface area contributed by atoms with Crippen LogP contribution in [0.15, 0.2) is 47.1 Å². The summed E-state index contributed by atoms with van der Waals surface area (Å²) in [5.41, 5.74) is 0.873. The molecule has 0 aliphatic carbocycles. The average molecular weight is 303 g/mol. The second kappa shape index (κ2) is 6.75. The van der Waals surface area contributed by atoms with Crippen LogP contribution >= 0.6 is 0 Å². The van der Waals surface area contributed by atoms with Crippen LogP contribution < -0.4 is 0 Å². The van der Waals surface area contributed by atoms with Gasteiger partial charge in [0.15, 0.2) is 0 Å². The Hall–Kier alpha value is -2.14. The third kappa shape index (κ3) is 3.36. The van der Waals surface area contributed by atoms with Crippen molar-refractivity contribution in [2.75, 3.05) is 26.3 Å². The van der Waals surface area contributed by atoms with Crippen LogP contribution in [0, 0.1) is 5.82 Å². The number of halogens is 1. The Morgan fingerprint density at radius 2 is 1.91 bits per heavy atom. The number of ether oxygens (including phenoxy) is 1. The first-order valence-corrected chi connectivity index (χ1v) is 7.38. The van der Waals surface area contributed by atoms with Crippen molar-refractivity contribution in [2.45, 2.75) is 12.3 Å². The molecule has 1 aliphatic rings. The summed E-state index contributed by atoms with van der Waals surface area (Å²) in [6.07, 6.45) is 1.89. The molecule has 2 heterocycles. The van der Waals surface area contributed by atoms with Crippen molar-refractivity contribution in [3.63, 3.8) is 0 Å². The summed E-state index contributed by atoms with van der Waals surface area (Å²) >= 11 is 0. The molecule has 5 heteroatoms. The van der Waals surface area contributed by atoms with Crippen LogP contribution in [0.4, 0.5) is 4.39 Å². The van der Waals surface area contributed by atoms with Gasteiger partial charge in [0.25, 0.3) is 0 Å². The van der Waals surface area contributed by atoms with Crippen molar-refractivity contribution < 1.29 is 18.3 Å². The largest absolute Gasteiger partial charge is 0.469 e. The van der Waals surface area contributed by atoms with Crippen molar-refractivity contribution in [1.29, 1.82) is 0 Å². The second-order valence-electron chi connectivity index (χ2n) is 5.32. The molecular weight excluding hydrogens is 285 g/mol. The summed E-state index contributed by atoms with van der Waals surface area (Å²) in [7, 11) is 0. The monoisotopic (exact) mass is 303 g/mol. The maximum atomic E-state index is 13.1. The summed E-state index contributed by atoms with van der Waals surface area (Å²) in [6.45, 7) is 2.39. The zero-order valence-electron chi connectivity index (χ0n) is 12.2. The normalized spacial score (nSPS) is 16.5. The highest BCUT2D eigenvalue weighted by Gasteiger charge is 2.25. The van der Waals surface area contributed by atoms with E-state index < -0.39 is 0 Å². The Morgan fingerprint density at radius 3 is 2.55 bits per heavy atom. The van der Waals surface area contributed by atoms with E-state index in [4.69, 9.17) is 9.15 Å². The van der Waals surface area contributed by atoms with Crippen molar-refractivity contribution in [2.24, 2.45) is 0 Å². The summed E-state index contributed by atoms with van der Waals surface area (Å²) < 4.78 is 23.9. The highest BCUT2D eigenvalue weighted by Crippen LogP contribution is 2.29. The summed E-state index contributed by atoms with van der Waals surface area (Å²) in [4.78, 5) is 14.3. The maximum absolute atomic E-state index is 13.1. The summed E-state index contributed by atoms with van der Waals surface area (Å²) in [5, 5.41) is 0. The highest BCUT2D eigenvalue weighted by molar-refractivity contribution is 5.77. The SMILES string of the molecule is O=C(C[C@@H](c1ccc(F)cc1)c1ccco1)N1CCOCC1. The lowest BCUT2D eigenvalue weighted by Crippen LogP contribution is -2.41. The predicted molar refractivity (Wildman–Crippen MR) is 79.0 cm³/mol. The number of carbonyl (C=O) groups is 1. The van der Waals surface area contributed by atoms with E-state index in [0.717, 1.165) is 5.56 Å². The van der Waals surface area contributed by atoms with E-state index in [1.54, 1.807) is 24.5 Å². The minimum absolute atomic E-state index is 0.0639. The maximum Gasteiger partial charge on any atom is 0.223 e. The zero-order chi connectivity index (χ0) is 15.4. The van der Waals surface area contributed by atoms with Crippen LogP contribution in [0.25, 0.3) is 0 Å². The molecule has 1 aromatic carbocycles. The first-order valence-electron chi connectivity index (χ1n) is 7.38. The molecule has 1 atom stereocenters. The lowest BCUT2D eigenvalue weighted by molar-refractivity contribution is -0.135. The van der Waals surface area contributed by atoms with Crippen LogP contribution in [0.5, 0.6) is 0 Å². The fraction of sp³-hybridized carbons (Fsp3) is 0.353. The Balaban J connectivity index is 1.79. The summed E-state index contributed by atoms with van der Waals surface area (Å²) in [6, 6.07) is 9.87. The standard InChI is InChI=1S/C17H18FNO3/c18-14-5-3-13(4-6-14)15(16-2-1-9-22-16)12-17(20)19-7-10-21-11-8-19/h1-6,9,15H,7-8,10-12H2/t15-/m0/s1. The predicted octanol–water partition coefficient (Wildman–Crippen LogP) is 2.80. The van der Waals surface area contributed by atoms with Crippen molar-refractivity contribution in [1.82, 2.24) is 4.90 Å². The van der Waals surface area contributed by atoms with Gasteiger partial charge in [-0.15, -0.1) is 0 Å². The van der Waals surface area contributed by atoms with Gasteiger partial charge in [-0.2, -0.15) is 0 Å². The number of amides is 1. The first kappa shape index (κ1) is 14.8. The molecule has 22 heavy (non-hydrogen) atoms. The molecule has 1 fully saturated rings. The van der Waals surface area contributed by atoms with Crippen LogP contribution in [0.1, 0.15) is 23.7 Å². The van der Waals surface area contributed by atoms with E-state index in [2.05, 4.69) is 0 Å². The van der Waals surface area contributed by atoms with E-state index in [1.165, 1.54) is 12.1 Å². The van der Waals surface area contributed by atoms with Crippen LogP contribution in [0.2, 0.25) is 0 Å². The Bertz CT molecular complexity index is 603. The molecule has 1 aromatic heterocycles. The van der Waals surface area contributed by atoms with E-state index in [9.17, 15) is 9.18 Å². The smallest absolute Gasteiger partial charge is 0.223 e. The fourth-order valence-electron chi connectivity index (χ4n) is 2.68. The molecule has 3 rings (SSSR count). The van der Waals surface area contributed by atoms with Gasteiger partial charge in [0, 0.05) is 19.5 Å². The molecule has 0 unspecified atom stereocenters. The van der Waals surface area contributed by atoms with E-state index in [0.29, 0.717) is 38.5 Å². The number of furan rings is 1. The minimum atomic E-state index is -0.290. The number of benzene rings is 1. The highest BCUT2D eigenvalue weighted by atomic mass is 19.1. The lowest BCUT2D eigenvalue weighted by atomic mass is 9.92. The van der Waals surface area contributed by atoms with Gasteiger partial charge in [-0.1, -0.05) is 12.1 Å². The van der Waals surface area contributed by atoms with E-state index in [1.807, 2.05) is 11.0 Å². The van der Waals surface area contributed by atoms with Gasteiger partial charge < -0.3 is 14.1 Å². The lowest BCUT2D eigenvalue weighted by Gasteiger charge is -2.28. The molecular formula is C17H18FNO3. The molecule has 0 radical (unpaired) electrons. The third-order valence-corrected chi connectivity index (χ3v) is 3.90. The van der Waals surface area contributed by atoms with Gasteiger partial charge in [0.1, 0.15) is 11.6 Å². The summed E-state index contributed by atoms with van der Waals surface area (Å²) in [5.74, 6) is 0.287.